The van der Waals surface area contributed by atoms with Gasteiger partial charge in [0.25, 0.3) is 5.91 Å². The second-order valence-corrected chi connectivity index (χ2v) is 8.30. The van der Waals surface area contributed by atoms with Gasteiger partial charge in [-0.3, -0.25) is 14.6 Å². The molecule has 2 saturated heterocycles. The molecule has 2 aliphatic heterocycles. The number of piperidine rings is 1. The molecular formula is C24H33N5O2. The number of ether oxygens (including phenoxy) is 1. The Labute approximate surface area is 184 Å². The number of carbonyl (C=O) groups excluding carboxylic acids is 1. The summed E-state index contributed by atoms with van der Waals surface area (Å²) >= 11 is 0. The number of hydrogen-bond donors (Lipinski definition) is 2. The first kappa shape index (κ1) is 21.7. The minimum Gasteiger partial charge on any atom is -0.379 e. The molecule has 0 aliphatic carbocycles. The highest BCUT2D eigenvalue weighted by Gasteiger charge is 2.21. The summed E-state index contributed by atoms with van der Waals surface area (Å²) in [5.41, 5.74) is 1.82. The molecule has 2 aromatic rings. The number of amides is 1. The van der Waals surface area contributed by atoms with Gasteiger partial charge in [0.15, 0.2) is 0 Å². The number of morpholine rings is 1. The molecule has 4 rings (SSSR count). The molecule has 3 heterocycles. The number of nitrogens with zero attached hydrogens (tertiary/aromatic N) is 3. The van der Waals surface area contributed by atoms with Crippen molar-refractivity contribution in [2.24, 2.45) is 0 Å². The predicted molar refractivity (Wildman–Crippen MR) is 122 cm³/mol. The predicted octanol–water partition coefficient (Wildman–Crippen LogP) is 2.22. The van der Waals surface area contributed by atoms with Crippen molar-refractivity contribution in [1.82, 2.24) is 20.1 Å². The fourth-order valence-corrected chi connectivity index (χ4v) is 4.16. The summed E-state index contributed by atoms with van der Waals surface area (Å²) in [6.07, 6.45) is 1.94. The first-order valence-corrected chi connectivity index (χ1v) is 11.3. The molecule has 0 atom stereocenters. The van der Waals surface area contributed by atoms with E-state index in [1.165, 1.54) is 5.56 Å². The molecule has 7 nitrogen and oxygen atoms in total. The summed E-state index contributed by atoms with van der Waals surface area (Å²) in [6.45, 7) is 8.27. The largest absolute Gasteiger partial charge is 0.379 e. The summed E-state index contributed by atoms with van der Waals surface area (Å²) in [5, 5.41) is 6.52. The number of hydrogen-bond acceptors (Lipinski definition) is 6. The van der Waals surface area contributed by atoms with E-state index in [-0.39, 0.29) is 11.9 Å². The molecule has 31 heavy (non-hydrogen) atoms. The number of carbonyl (C=O) groups is 1. The number of likely N-dealkylation sites (tertiary alicyclic amines) is 1. The Hall–Kier alpha value is -2.48. The van der Waals surface area contributed by atoms with Crippen LogP contribution in [0.4, 0.5) is 5.82 Å². The van der Waals surface area contributed by atoms with Gasteiger partial charge < -0.3 is 15.4 Å². The van der Waals surface area contributed by atoms with Crippen LogP contribution in [0.5, 0.6) is 0 Å². The number of aromatic nitrogens is 1. The highest BCUT2D eigenvalue weighted by atomic mass is 16.5. The minimum atomic E-state index is -0.0849. The van der Waals surface area contributed by atoms with Gasteiger partial charge in [-0.25, -0.2) is 4.98 Å². The maximum Gasteiger partial charge on any atom is 0.270 e. The SMILES string of the molecule is O=C(NC1CCN(Cc2ccccc2)CC1)c1cccc(NCCN2CCOCC2)n1. The van der Waals surface area contributed by atoms with Crippen molar-refractivity contribution >= 4 is 11.7 Å². The molecule has 1 aromatic carbocycles. The van der Waals surface area contributed by atoms with Crippen LogP contribution < -0.4 is 10.6 Å². The highest BCUT2D eigenvalue weighted by Crippen LogP contribution is 2.14. The van der Waals surface area contributed by atoms with Crippen molar-refractivity contribution in [2.75, 3.05) is 57.8 Å². The zero-order valence-electron chi connectivity index (χ0n) is 18.1. The van der Waals surface area contributed by atoms with Crippen LogP contribution in [0.2, 0.25) is 0 Å². The zero-order chi connectivity index (χ0) is 21.3. The Balaban J connectivity index is 1.20. The van der Waals surface area contributed by atoms with E-state index in [9.17, 15) is 4.79 Å². The Morgan fingerprint density at radius 3 is 2.52 bits per heavy atom. The average Bonchev–Trinajstić information content (AvgIpc) is 2.82. The average molecular weight is 424 g/mol. The van der Waals surface area contributed by atoms with Crippen LogP contribution in [0.15, 0.2) is 48.5 Å². The van der Waals surface area contributed by atoms with E-state index < -0.39 is 0 Å². The lowest BCUT2D eigenvalue weighted by Crippen LogP contribution is -2.44. The molecule has 2 fully saturated rings. The lowest BCUT2D eigenvalue weighted by Gasteiger charge is -2.32. The molecule has 1 aromatic heterocycles. The second-order valence-electron chi connectivity index (χ2n) is 8.30. The standard InChI is InChI=1S/C24H33N5O2/c30-24(26-21-9-12-29(13-10-21)19-20-5-2-1-3-6-20)22-7-4-8-23(27-22)25-11-14-28-15-17-31-18-16-28/h1-8,21H,9-19H2,(H,25,27)(H,26,30). The van der Waals surface area contributed by atoms with Crippen LogP contribution in [0.1, 0.15) is 28.9 Å². The third-order valence-corrected chi connectivity index (χ3v) is 5.99. The molecule has 166 valence electrons. The number of anilines is 1. The highest BCUT2D eigenvalue weighted by molar-refractivity contribution is 5.92. The molecule has 0 spiro atoms. The Kier molecular flexibility index (Phi) is 7.87. The third-order valence-electron chi connectivity index (χ3n) is 5.99. The van der Waals surface area contributed by atoms with E-state index in [1.807, 2.05) is 18.2 Å². The number of rotatable bonds is 8. The smallest absolute Gasteiger partial charge is 0.270 e. The van der Waals surface area contributed by atoms with Crippen LogP contribution in [-0.2, 0) is 11.3 Å². The van der Waals surface area contributed by atoms with E-state index in [4.69, 9.17) is 4.74 Å². The van der Waals surface area contributed by atoms with Gasteiger partial charge in [0.05, 0.1) is 13.2 Å². The lowest BCUT2D eigenvalue weighted by atomic mass is 10.0. The molecule has 0 unspecified atom stereocenters. The number of benzene rings is 1. The molecular weight excluding hydrogens is 390 g/mol. The molecule has 2 aliphatic rings. The van der Waals surface area contributed by atoms with Gasteiger partial charge in [-0.15, -0.1) is 0 Å². The second kappa shape index (κ2) is 11.2. The van der Waals surface area contributed by atoms with Crippen LogP contribution in [0.3, 0.4) is 0 Å². The summed E-state index contributed by atoms with van der Waals surface area (Å²) < 4.78 is 5.38. The fourth-order valence-electron chi connectivity index (χ4n) is 4.16. The fraction of sp³-hybridized carbons (Fsp3) is 0.500. The first-order chi connectivity index (χ1) is 15.3. The summed E-state index contributed by atoms with van der Waals surface area (Å²) in [5.74, 6) is 0.664. The monoisotopic (exact) mass is 423 g/mol. The number of pyridine rings is 1. The summed E-state index contributed by atoms with van der Waals surface area (Å²) in [4.78, 5) is 22.1. The van der Waals surface area contributed by atoms with Crippen molar-refractivity contribution in [3.63, 3.8) is 0 Å². The van der Waals surface area contributed by atoms with Gasteiger partial charge in [-0.1, -0.05) is 36.4 Å². The summed E-state index contributed by atoms with van der Waals surface area (Å²) in [7, 11) is 0. The topological polar surface area (TPSA) is 69.7 Å². The Morgan fingerprint density at radius 1 is 0.968 bits per heavy atom. The maximum atomic E-state index is 12.7. The van der Waals surface area contributed by atoms with Crippen LogP contribution in [0, 0.1) is 0 Å². The van der Waals surface area contributed by atoms with Gasteiger partial charge in [0.2, 0.25) is 0 Å². The van der Waals surface area contributed by atoms with Gasteiger partial charge >= 0.3 is 0 Å². The van der Waals surface area contributed by atoms with Gasteiger partial charge in [0, 0.05) is 51.9 Å². The molecule has 7 heteroatoms. The van der Waals surface area contributed by atoms with Crippen molar-refractivity contribution in [2.45, 2.75) is 25.4 Å². The Morgan fingerprint density at radius 2 is 1.74 bits per heavy atom. The zero-order valence-corrected chi connectivity index (χ0v) is 18.1. The molecule has 0 bridgehead atoms. The molecule has 1 amide bonds. The van der Waals surface area contributed by atoms with Gasteiger partial charge in [-0.05, 0) is 30.5 Å². The van der Waals surface area contributed by atoms with Gasteiger partial charge in [0.1, 0.15) is 11.5 Å². The molecule has 2 N–H and O–H groups in total. The van der Waals surface area contributed by atoms with E-state index in [2.05, 4.69) is 49.7 Å². The van der Waals surface area contributed by atoms with Crippen molar-refractivity contribution < 1.29 is 9.53 Å². The van der Waals surface area contributed by atoms with Gasteiger partial charge in [-0.2, -0.15) is 0 Å². The lowest BCUT2D eigenvalue weighted by molar-refractivity contribution is 0.0398. The van der Waals surface area contributed by atoms with E-state index in [1.54, 1.807) is 6.07 Å². The maximum absolute atomic E-state index is 12.7. The van der Waals surface area contributed by atoms with Crippen LogP contribution >= 0.6 is 0 Å². The minimum absolute atomic E-state index is 0.0849. The van der Waals surface area contributed by atoms with Crippen LogP contribution in [0.25, 0.3) is 0 Å². The van der Waals surface area contributed by atoms with Crippen LogP contribution in [-0.4, -0.2) is 79.2 Å². The van der Waals surface area contributed by atoms with Crippen molar-refractivity contribution in [3.05, 3.63) is 59.8 Å². The summed E-state index contributed by atoms with van der Waals surface area (Å²) in [6, 6.07) is 16.4. The Bertz CT molecular complexity index is 818. The quantitative estimate of drug-likeness (QED) is 0.679. The molecule has 0 radical (unpaired) electrons. The third kappa shape index (κ3) is 6.75. The van der Waals surface area contributed by atoms with Crippen molar-refractivity contribution in [3.8, 4) is 0 Å². The van der Waals surface area contributed by atoms with Crippen molar-refractivity contribution in [1.29, 1.82) is 0 Å². The van der Waals surface area contributed by atoms with E-state index >= 15 is 0 Å². The normalized spacial score (nSPS) is 18.6. The number of nitrogens with one attached hydrogen (secondary N) is 2. The molecule has 0 saturated carbocycles. The van der Waals surface area contributed by atoms with E-state index in [0.717, 1.165) is 77.7 Å². The van der Waals surface area contributed by atoms with E-state index in [0.29, 0.717) is 5.69 Å². The first-order valence-electron chi connectivity index (χ1n) is 11.3.